The molecule has 0 radical (unpaired) electrons. The Balaban J connectivity index is 1.35. The van der Waals surface area contributed by atoms with Gasteiger partial charge in [0.2, 0.25) is 0 Å². The molecule has 188 valence electrons. The van der Waals surface area contributed by atoms with E-state index >= 15 is 0 Å². The van der Waals surface area contributed by atoms with E-state index in [0.717, 1.165) is 72.0 Å². The summed E-state index contributed by atoms with van der Waals surface area (Å²) in [5.74, 6) is 2.47. The number of nitrogen functional groups attached to an aromatic ring is 1. The molecule has 0 aliphatic heterocycles. The summed E-state index contributed by atoms with van der Waals surface area (Å²) in [5.41, 5.74) is 9.19. The molecule has 4 aromatic rings. The summed E-state index contributed by atoms with van der Waals surface area (Å²) >= 11 is 0. The summed E-state index contributed by atoms with van der Waals surface area (Å²) in [7, 11) is -3.39. The number of fused-ring (bicyclic) bond motifs is 1. The average Bonchev–Trinajstić information content (AvgIpc) is 3.26. The van der Waals surface area contributed by atoms with Crippen LogP contribution in [0.2, 0.25) is 0 Å². The quantitative estimate of drug-likeness (QED) is 0.311. The van der Waals surface area contributed by atoms with E-state index in [1.165, 1.54) is 6.33 Å². The molecule has 0 bridgehead atoms. The van der Waals surface area contributed by atoms with E-state index in [1.54, 1.807) is 0 Å². The van der Waals surface area contributed by atoms with Gasteiger partial charge in [0.15, 0.2) is 0 Å². The van der Waals surface area contributed by atoms with Crippen LogP contribution in [0, 0.1) is 5.92 Å². The highest BCUT2D eigenvalue weighted by atomic mass is 32.2. The van der Waals surface area contributed by atoms with E-state index in [9.17, 15) is 8.42 Å². The second-order valence-electron chi connectivity index (χ2n) is 9.34. The minimum Gasteiger partial charge on any atom is -0.457 e. The third-order valence-electron chi connectivity index (χ3n) is 6.82. The van der Waals surface area contributed by atoms with Gasteiger partial charge in [0.1, 0.15) is 29.3 Å². The normalized spacial score (nSPS) is 18.4. The molecule has 36 heavy (non-hydrogen) atoms. The molecular formula is C27H30N4O4S. The van der Waals surface area contributed by atoms with Crippen LogP contribution in [0.25, 0.3) is 22.2 Å². The van der Waals surface area contributed by atoms with Gasteiger partial charge in [-0.2, -0.15) is 8.42 Å². The fourth-order valence-corrected chi connectivity index (χ4v) is 5.41. The maximum absolute atomic E-state index is 11.2. The number of hydrogen-bond acceptors (Lipinski definition) is 7. The highest BCUT2D eigenvalue weighted by molar-refractivity contribution is 7.85. The van der Waals surface area contributed by atoms with Gasteiger partial charge in [-0.1, -0.05) is 30.3 Å². The zero-order chi connectivity index (χ0) is 25.1. The van der Waals surface area contributed by atoms with Crippen molar-refractivity contribution in [2.45, 2.75) is 38.1 Å². The number of hydrogen-bond donors (Lipinski definition) is 1. The molecule has 2 aromatic heterocycles. The highest BCUT2D eigenvalue weighted by Gasteiger charge is 2.26. The molecular weight excluding hydrogens is 476 g/mol. The SMILES string of the molecule is CS(=O)(=O)OCCC1CCC(n2cc(-c3ccc(Oc4ccccc4)cc3)c3c(N)ncnc32)CC1. The lowest BCUT2D eigenvalue weighted by Gasteiger charge is -2.29. The summed E-state index contributed by atoms with van der Waals surface area (Å²) in [6, 6.07) is 18.0. The summed E-state index contributed by atoms with van der Waals surface area (Å²) in [4.78, 5) is 8.85. The van der Waals surface area contributed by atoms with Gasteiger partial charge >= 0.3 is 0 Å². The molecule has 0 spiro atoms. The van der Waals surface area contributed by atoms with Crippen LogP contribution in [0.3, 0.4) is 0 Å². The summed E-state index contributed by atoms with van der Waals surface area (Å²) in [5, 5.41) is 0.859. The molecule has 1 aliphatic rings. The molecule has 2 aromatic carbocycles. The predicted molar refractivity (Wildman–Crippen MR) is 140 cm³/mol. The van der Waals surface area contributed by atoms with Crippen LogP contribution in [0.1, 0.15) is 38.1 Å². The Morgan fingerprint density at radius 3 is 2.36 bits per heavy atom. The van der Waals surface area contributed by atoms with Crippen LogP contribution in [-0.4, -0.2) is 35.8 Å². The molecule has 1 aliphatic carbocycles. The average molecular weight is 507 g/mol. The Morgan fingerprint density at radius 1 is 0.972 bits per heavy atom. The van der Waals surface area contributed by atoms with Crippen molar-refractivity contribution in [1.29, 1.82) is 0 Å². The third-order valence-corrected chi connectivity index (χ3v) is 7.41. The molecule has 1 fully saturated rings. The van der Waals surface area contributed by atoms with E-state index < -0.39 is 10.1 Å². The van der Waals surface area contributed by atoms with Crippen LogP contribution in [0.15, 0.2) is 67.1 Å². The smallest absolute Gasteiger partial charge is 0.264 e. The highest BCUT2D eigenvalue weighted by Crippen LogP contribution is 2.40. The first-order valence-electron chi connectivity index (χ1n) is 12.2. The molecule has 0 atom stereocenters. The molecule has 2 heterocycles. The van der Waals surface area contributed by atoms with Gasteiger partial charge in [-0.15, -0.1) is 0 Å². The molecule has 8 nitrogen and oxygen atoms in total. The van der Waals surface area contributed by atoms with Crippen molar-refractivity contribution in [2.75, 3.05) is 18.6 Å². The Morgan fingerprint density at radius 2 is 1.67 bits per heavy atom. The van der Waals surface area contributed by atoms with Crippen molar-refractivity contribution in [1.82, 2.24) is 14.5 Å². The minimum atomic E-state index is -3.39. The zero-order valence-corrected chi connectivity index (χ0v) is 21.0. The number of rotatable bonds is 8. The number of ether oxygens (including phenoxy) is 1. The van der Waals surface area contributed by atoms with Gasteiger partial charge in [-0.25, -0.2) is 9.97 Å². The second kappa shape index (κ2) is 10.3. The number of nitrogens with two attached hydrogens (primary N) is 1. The zero-order valence-electron chi connectivity index (χ0n) is 20.2. The first kappa shape index (κ1) is 24.3. The number of aromatic nitrogens is 3. The Bertz CT molecular complexity index is 1430. The van der Waals surface area contributed by atoms with E-state index in [0.29, 0.717) is 17.8 Å². The maximum atomic E-state index is 11.2. The summed E-state index contributed by atoms with van der Waals surface area (Å²) in [6.45, 7) is 0.249. The van der Waals surface area contributed by atoms with Gasteiger partial charge in [-0.05, 0) is 67.9 Å². The van der Waals surface area contributed by atoms with Crippen LogP contribution >= 0.6 is 0 Å². The Kier molecular flexibility index (Phi) is 6.93. The van der Waals surface area contributed by atoms with Gasteiger partial charge in [0, 0.05) is 17.8 Å². The summed E-state index contributed by atoms with van der Waals surface area (Å²) < 4.78 is 35.6. The standard InChI is InChI=1S/C27H30N4O4S/c1-36(32,33)34-16-15-19-7-11-21(12-8-19)31-17-24(25-26(28)29-18-30-27(25)31)20-9-13-23(14-10-20)35-22-5-3-2-4-6-22/h2-6,9-10,13-14,17-19,21H,7-8,11-12,15-16H2,1H3,(H2,28,29,30). The lowest BCUT2D eigenvalue weighted by molar-refractivity contribution is 0.223. The number of anilines is 1. The topological polar surface area (TPSA) is 109 Å². The monoisotopic (exact) mass is 506 g/mol. The van der Waals surface area contributed by atoms with Crippen molar-refractivity contribution in [3.8, 4) is 22.6 Å². The van der Waals surface area contributed by atoms with Crippen molar-refractivity contribution >= 4 is 27.0 Å². The van der Waals surface area contributed by atoms with Crippen LogP contribution in [-0.2, 0) is 14.3 Å². The number of benzene rings is 2. The van der Waals surface area contributed by atoms with Crippen LogP contribution < -0.4 is 10.5 Å². The molecule has 0 unspecified atom stereocenters. The first-order chi connectivity index (χ1) is 17.4. The predicted octanol–water partition coefficient (Wildman–Crippen LogP) is 5.57. The van der Waals surface area contributed by atoms with E-state index in [-0.39, 0.29) is 6.61 Å². The van der Waals surface area contributed by atoms with Crippen molar-refractivity contribution in [2.24, 2.45) is 5.92 Å². The van der Waals surface area contributed by atoms with Gasteiger partial charge in [-0.3, -0.25) is 4.18 Å². The van der Waals surface area contributed by atoms with Gasteiger partial charge < -0.3 is 15.0 Å². The Hall–Kier alpha value is -3.43. The molecule has 5 rings (SSSR count). The van der Waals surface area contributed by atoms with Gasteiger partial charge in [0.05, 0.1) is 18.2 Å². The van der Waals surface area contributed by atoms with Crippen LogP contribution in [0.5, 0.6) is 11.5 Å². The Labute approximate surface area is 211 Å². The lowest BCUT2D eigenvalue weighted by Crippen LogP contribution is -2.19. The maximum Gasteiger partial charge on any atom is 0.264 e. The second-order valence-corrected chi connectivity index (χ2v) is 11.0. The lowest BCUT2D eigenvalue weighted by atomic mass is 9.84. The van der Waals surface area contributed by atoms with E-state index in [2.05, 4.69) is 20.7 Å². The van der Waals surface area contributed by atoms with Crippen LogP contribution in [0.4, 0.5) is 5.82 Å². The molecule has 0 saturated heterocycles. The van der Waals surface area contributed by atoms with Crippen molar-refractivity contribution in [3.05, 3.63) is 67.1 Å². The summed E-state index contributed by atoms with van der Waals surface area (Å²) in [6.07, 6.45) is 9.50. The third kappa shape index (κ3) is 5.52. The minimum absolute atomic E-state index is 0.249. The number of para-hydroxylation sites is 1. The molecule has 0 amide bonds. The van der Waals surface area contributed by atoms with E-state index in [4.69, 9.17) is 14.7 Å². The number of nitrogens with zero attached hydrogens (tertiary/aromatic N) is 3. The molecule has 9 heteroatoms. The van der Waals surface area contributed by atoms with Gasteiger partial charge in [0.25, 0.3) is 10.1 Å². The molecule has 2 N–H and O–H groups in total. The fraction of sp³-hybridized carbons (Fsp3) is 0.333. The van der Waals surface area contributed by atoms with Crippen molar-refractivity contribution in [3.63, 3.8) is 0 Å². The van der Waals surface area contributed by atoms with E-state index in [1.807, 2.05) is 54.6 Å². The largest absolute Gasteiger partial charge is 0.457 e. The fourth-order valence-electron chi connectivity index (χ4n) is 5.01. The molecule has 1 saturated carbocycles. The van der Waals surface area contributed by atoms with Crippen molar-refractivity contribution < 1.29 is 17.3 Å². The first-order valence-corrected chi connectivity index (χ1v) is 14.0.